The predicted molar refractivity (Wildman–Crippen MR) is 88.8 cm³/mol. The van der Waals surface area contributed by atoms with Crippen molar-refractivity contribution in [3.05, 3.63) is 35.6 Å². The minimum Gasteiger partial charge on any atom is -0.389 e. The van der Waals surface area contributed by atoms with Crippen LogP contribution in [-0.4, -0.2) is 47.9 Å². The molecule has 3 N–H and O–H groups in total. The molecule has 24 heavy (non-hydrogen) atoms. The zero-order chi connectivity index (χ0) is 17.5. The van der Waals surface area contributed by atoms with E-state index in [2.05, 4.69) is 4.98 Å². The maximum atomic E-state index is 13.1. The Kier molecular flexibility index (Phi) is 4.58. The van der Waals surface area contributed by atoms with E-state index in [0.717, 1.165) is 4.31 Å². The van der Waals surface area contributed by atoms with Crippen molar-refractivity contribution in [1.29, 1.82) is 0 Å². The maximum absolute atomic E-state index is 13.1. The molecule has 0 aliphatic carbocycles. The molecule has 1 saturated heterocycles. The lowest BCUT2D eigenvalue weighted by atomic mass is 10.0. The van der Waals surface area contributed by atoms with Gasteiger partial charge in [0.05, 0.1) is 22.0 Å². The topological polar surface area (TPSA) is 114 Å². The van der Waals surface area contributed by atoms with Crippen LogP contribution in [0.25, 0.3) is 10.8 Å². The van der Waals surface area contributed by atoms with E-state index in [1.807, 2.05) is 0 Å². The molecule has 2 aromatic rings. The van der Waals surface area contributed by atoms with Gasteiger partial charge in [-0.3, -0.25) is 9.78 Å². The van der Waals surface area contributed by atoms with Crippen molar-refractivity contribution < 1.29 is 18.3 Å². The SMILES string of the molecule is N[C@@H]1C(C(=O)CO)CCN1S(=O)(=O)c1cccc2cncc(Cl)c12. The van der Waals surface area contributed by atoms with E-state index in [1.54, 1.807) is 12.1 Å². The van der Waals surface area contributed by atoms with Gasteiger partial charge in [-0.2, -0.15) is 4.31 Å². The highest BCUT2D eigenvalue weighted by atomic mass is 35.5. The number of hydrogen-bond donors (Lipinski definition) is 2. The Morgan fingerprint density at radius 1 is 1.42 bits per heavy atom. The number of ketones is 1. The normalized spacial score (nSPS) is 22.1. The molecule has 0 bridgehead atoms. The van der Waals surface area contributed by atoms with Gasteiger partial charge in [-0.1, -0.05) is 23.7 Å². The molecule has 1 unspecified atom stereocenters. The van der Waals surface area contributed by atoms with Gasteiger partial charge in [0.1, 0.15) is 6.61 Å². The van der Waals surface area contributed by atoms with E-state index in [1.165, 1.54) is 18.5 Å². The van der Waals surface area contributed by atoms with Gasteiger partial charge in [0, 0.05) is 29.7 Å². The van der Waals surface area contributed by atoms with E-state index in [4.69, 9.17) is 22.4 Å². The molecule has 1 aromatic heterocycles. The number of nitrogens with zero attached hydrogens (tertiary/aromatic N) is 2. The summed E-state index contributed by atoms with van der Waals surface area (Å²) in [7, 11) is -3.95. The van der Waals surface area contributed by atoms with Gasteiger partial charge < -0.3 is 10.8 Å². The van der Waals surface area contributed by atoms with Crippen molar-refractivity contribution >= 4 is 38.2 Å². The Labute approximate surface area is 144 Å². The monoisotopic (exact) mass is 369 g/mol. The van der Waals surface area contributed by atoms with Crippen molar-refractivity contribution in [2.24, 2.45) is 11.7 Å². The largest absolute Gasteiger partial charge is 0.389 e. The van der Waals surface area contributed by atoms with Crippen molar-refractivity contribution in [1.82, 2.24) is 9.29 Å². The number of Topliss-reactive ketones (excluding diaryl/α,β-unsaturated/α-hetero) is 1. The van der Waals surface area contributed by atoms with Gasteiger partial charge >= 0.3 is 0 Å². The van der Waals surface area contributed by atoms with Crippen LogP contribution in [0.5, 0.6) is 0 Å². The minimum atomic E-state index is -3.95. The number of halogens is 1. The molecule has 9 heteroatoms. The second-order valence-corrected chi connectivity index (χ2v) is 7.87. The zero-order valence-electron chi connectivity index (χ0n) is 12.6. The van der Waals surface area contributed by atoms with Gasteiger partial charge in [-0.05, 0) is 12.5 Å². The molecule has 128 valence electrons. The van der Waals surface area contributed by atoms with E-state index < -0.39 is 34.5 Å². The first-order valence-electron chi connectivity index (χ1n) is 7.31. The smallest absolute Gasteiger partial charge is 0.245 e. The molecular weight excluding hydrogens is 354 g/mol. The molecule has 1 aliphatic heterocycles. The number of aliphatic hydroxyl groups excluding tert-OH is 1. The third-order valence-corrected chi connectivity index (χ3v) is 6.49. The van der Waals surface area contributed by atoms with Crippen molar-refractivity contribution in [2.45, 2.75) is 17.5 Å². The summed E-state index contributed by atoms with van der Waals surface area (Å²) in [6.07, 6.45) is 2.18. The third-order valence-electron chi connectivity index (χ3n) is 4.26. The average molecular weight is 370 g/mol. The van der Waals surface area contributed by atoms with Crippen molar-refractivity contribution in [3.8, 4) is 0 Å². The van der Waals surface area contributed by atoms with E-state index in [9.17, 15) is 13.2 Å². The molecule has 0 radical (unpaired) electrons. The van der Waals surface area contributed by atoms with Gasteiger partial charge in [0.15, 0.2) is 5.78 Å². The highest BCUT2D eigenvalue weighted by Gasteiger charge is 2.42. The third kappa shape index (κ3) is 2.70. The number of carbonyl (C=O) groups is 1. The fraction of sp³-hybridized carbons (Fsp3) is 0.333. The number of aliphatic hydroxyl groups is 1. The fourth-order valence-corrected chi connectivity index (χ4v) is 5.16. The molecule has 0 saturated carbocycles. The van der Waals surface area contributed by atoms with Crippen LogP contribution in [0.4, 0.5) is 0 Å². The van der Waals surface area contributed by atoms with E-state index >= 15 is 0 Å². The lowest BCUT2D eigenvalue weighted by molar-refractivity contribution is -0.126. The second-order valence-electron chi connectivity index (χ2n) is 5.60. The van der Waals surface area contributed by atoms with Gasteiger partial charge in [0.25, 0.3) is 0 Å². The number of pyridine rings is 1. The Hall–Kier alpha value is -1.58. The predicted octanol–water partition coefficient (Wildman–Crippen LogP) is 0.745. The fourth-order valence-electron chi connectivity index (χ4n) is 3.04. The molecule has 3 rings (SSSR count). The van der Waals surface area contributed by atoms with Gasteiger partial charge in [-0.25, -0.2) is 8.42 Å². The molecule has 2 atom stereocenters. The first kappa shape index (κ1) is 17.2. The van der Waals surface area contributed by atoms with Crippen LogP contribution in [-0.2, 0) is 14.8 Å². The molecule has 0 amide bonds. The first-order chi connectivity index (χ1) is 11.4. The molecule has 2 heterocycles. The van der Waals surface area contributed by atoms with Gasteiger partial charge in [-0.15, -0.1) is 0 Å². The Morgan fingerprint density at radius 3 is 2.88 bits per heavy atom. The average Bonchev–Trinajstić information content (AvgIpc) is 2.96. The van der Waals surface area contributed by atoms with Crippen LogP contribution in [0.3, 0.4) is 0 Å². The summed E-state index contributed by atoms with van der Waals surface area (Å²) in [5.74, 6) is -1.17. The van der Waals surface area contributed by atoms with Crippen molar-refractivity contribution in [3.63, 3.8) is 0 Å². The van der Waals surface area contributed by atoms with Crippen molar-refractivity contribution in [2.75, 3.05) is 13.2 Å². The summed E-state index contributed by atoms with van der Waals surface area (Å²) in [4.78, 5) is 15.7. The number of nitrogens with two attached hydrogens (primary N) is 1. The number of carbonyl (C=O) groups excluding carboxylic acids is 1. The van der Waals surface area contributed by atoms with E-state index in [-0.39, 0.29) is 22.9 Å². The zero-order valence-corrected chi connectivity index (χ0v) is 14.2. The molecule has 0 spiro atoms. The number of benzene rings is 1. The maximum Gasteiger partial charge on any atom is 0.245 e. The summed E-state index contributed by atoms with van der Waals surface area (Å²) in [6, 6.07) is 4.78. The summed E-state index contributed by atoms with van der Waals surface area (Å²) < 4.78 is 27.2. The second kappa shape index (κ2) is 6.38. The van der Waals surface area contributed by atoms with Crippen LogP contribution >= 0.6 is 11.6 Å². The summed E-state index contributed by atoms with van der Waals surface area (Å²) >= 11 is 6.15. The highest BCUT2D eigenvalue weighted by molar-refractivity contribution is 7.89. The Balaban J connectivity index is 2.08. The molecule has 1 aliphatic rings. The van der Waals surface area contributed by atoms with Crippen LogP contribution in [0.2, 0.25) is 5.02 Å². The number of sulfonamides is 1. The summed E-state index contributed by atoms with van der Waals surface area (Å²) in [6.45, 7) is -0.545. The standard InChI is InChI=1S/C15H16ClN3O4S/c16-11-7-18-6-9-2-1-3-13(14(9)11)24(22,23)19-5-4-10(15(19)17)12(21)8-20/h1-3,6-7,10,15,20H,4-5,8,17H2/t10?,15-/m0/s1. The lowest BCUT2D eigenvalue weighted by Gasteiger charge is -2.24. The molecule has 7 nitrogen and oxygen atoms in total. The lowest BCUT2D eigenvalue weighted by Crippen LogP contribution is -2.46. The minimum absolute atomic E-state index is 0.0277. The number of fused-ring (bicyclic) bond motifs is 1. The van der Waals surface area contributed by atoms with Crippen LogP contribution in [0.15, 0.2) is 35.5 Å². The Morgan fingerprint density at radius 2 is 2.17 bits per heavy atom. The molecule has 1 aromatic carbocycles. The van der Waals surface area contributed by atoms with E-state index in [0.29, 0.717) is 10.8 Å². The number of rotatable bonds is 4. The first-order valence-corrected chi connectivity index (χ1v) is 9.13. The quantitative estimate of drug-likeness (QED) is 0.821. The molecular formula is C15H16ClN3O4S. The van der Waals surface area contributed by atoms with Gasteiger partial charge in [0.2, 0.25) is 10.0 Å². The Bertz CT molecular complexity index is 897. The van der Waals surface area contributed by atoms with Crippen LogP contribution < -0.4 is 5.73 Å². The molecule has 1 fully saturated rings. The highest BCUT2D eigenvalue weighted by Crippen LogP contribution is 2.34. The summed E-state index contributed by atoms with van der Waals surface area (Å²) in [5, 5.41) is 10.2. The number of aromatic nitrogens is 1. The van der Waals surface area contributed by atoms with Crippen LogP contribution in [0.1, 0.15) is 6.42 Å². The summed E-state index contributed by atoms with van der Waals surface area (Å²) in [5.41, 5.74) is 5.97. The van der Waals surface area contributed by atoms with Crippen LogP contribution in [0, 0.1) is 5.92 Å². The number of hydrogen-bond acceptors (Lipinski definition) is 6.